The molecule has 0 bridgehead atoms. The van der Waals surface area contributed by atoms with Crippen molar-refractivity contribution in [1.29, 1.82) is 0 Å². The molecule has 2 rings (SSSR count). The largest absolute Gasteiger partial charge is 0.337 e. The van der Waals surface area contributed by atoms with Crippen molar-refractivity contribution in [3.63, 3.8) is 0 Å². The molecule has 2 N–H and O–H groups in total. The molecule has 1 aliphatic rings. The predicted molar refractivity (Wildman–Crippen MR) is 67.8 cm³/mol. The lowest BCUT2D eigenvalue weighted by Crippen LogP contribution is -2.48. The Labute approximate surface area is 107 Å². The number of carbonyl (C=O) groups excluding carboxylic acids is 1. The van der Waals surface area contributed by atoms with E-state index < -0.39 is 0 Å². The summed E-state index contributed by atoms with van der Waals surface area (Å²) >= 11 is 0. The fourth-order valence-corrected chi connectivity index (χ4v) is 2.31. The molecule has 2 heterocycles. The first-order chi connectivity index (χ1) is 8.56. The van der Waals surface area contributed by atoms with Gasteiger partial charge in [0.2, 0.25) is 5.91 Å². The number of nitrogens with one attached hydrogen (secondary N) is 2. The minimum absolute atomic E-state index is 0.0567. The molecule has 2 atom stereocenters. The van der Waals surface area contributed by atoms with Crippen molar-refractivity contribution < 1.29 is 4.79 Å². The van der Waals surface area contributed by atoms with Gasteiger partial charge in [0, 0.05) is 7.05 Å². The normalized spacial score (nSPS) is 23.9. The molecule has 1 saturated heterocycles. The highest BCUT2D eigenvalue weighted by Gasteiger charge is 2.27. The van der Waals surface area contributed by atoms with Crippen LogP contribution in [0.5, 0.6) is 0 Å². The van der Waals surface area contributed by atoms with Crippen LogP contribution in [0.1, 0.15) is 31.4 Å². The molecule has 6 heteroatoms. The average Bonchev–Trinajstić information content (AvgIpc) is 2.73. The van der Waals surface area contributed by atoms with Crippen molar-refractivity contribution in [3.05, 3.63) is 11.6 Å². The number of hydrogen-bond acceptors (Lipinski definition) is 4. The molecule has 0 aromatic carbocycles. The zero-order valence-electron chi connectivity index (χ0n) is 11.2. The van der Waals surface area contributed by atoms with Crippen LogP contribution in [0.25, 0.3) is 0 Å². The second-order valence-electron chi connectivity index (χ2n) is 5.17. The van der Waals surface area contributed by atoms with Crippen LogP contribution in [0.3, 0.4) is 0 Å². The zero-order chi connectivity index (χ0) is 13.1. The monoisotopic (exact) mass is 251 g/mol. The van der Waals surface area contributed by atoms with Gasteiger partial charge in [-0.05, 0) is 32.2 Å². The van der Waals surface area contributed by atoms with Crippen LogP contribution in [0, 0.1) is 12.8 Å². The number of H-pyrrole nitrogens is 1. The molecule has 100 valence electrons. The van der Waals surface area contributed by atoms with Crippen LogP contribution >= 0.6 is 0 Å². The van der Waals surface area contributed by atoms with Gasteiger partial charge in [-0.3, -0.25) is 9.89 Å². The predicted octanol–water partition coefficient (Wildman–Crippen LogP) is 0.460. The first-order valence-corrected chi connectivity index (χ1v) is 6.42. The number of likely N-dealkylation sites (N-methyl/N-ethyl adjacent to an activating group) is 1. The number of amides is 1. The Morgan fingerprint density at radius 3 is 2.94 bits per heavy atom. The smallest absolute Gasteiger partial charge is 0.239 e. The quantitative estimate of drug-likeness (QED) is 0.818. The lowest BCUT2D eigenvalue weighted by molar-refractivity contribution is -0.133. The Morgan fingerprint density at radius 2 is 2.33 bits per heavy atom. The lowest BCUT2D eigenvalue weighted by Gasteiger charge is -2.30. The van der Waals surface area contributed by atoms with Crippen LogP contribution in [0.2, 0.25) is 0 Å². The van der Waals surface area contributed by atoms with Crippen molar-refractivity contribution in [2.45, 2.75) is 39.3 Å². The van der Waals surface area contributed by atoms with Gasteiger partial charge in [0.25, 0.3) is 0 Å². The van der Waals surface area contributed by atoms with E-state index in [1.165, 1.54) is 0 Å². The van der Waals surface area contributed by atoms with E-state index in [0.717, 1.165) is 25.2 Å². The molecular weight excluding hydrogens is 230 g/mol. The standard InChI is InChI=1S/C12H21N5O/c1-8-4-5-13-10(6-8)12(18)17(3)7-11-14-9(2)15-16-11/h8,10,13H,4-7H2,1-3H3,(H,14,15,16). The third kappa shape index (κ3) is 3.07. The third-order valence-electron chi connectivity index (χ3n) is 3.36. The molecule has 0 radical (unpaired) electrons. The summed E-state index contributed by atoms with van der Waals surface area (Å²) in [7, 11) is 1.80. The molecule has 18 heavy (non-hydrogen) atoms. The summed E-state index contributed by atoms with van der Waals surface area (Å²) in [4.78, 5) is 18.2. The van der Waals surface area contributed by atoms with E-state index in [2.05, 4.69) is 27.4 Å². The second-order valence-corrected chi connectivity index (χ2v) is 5.17. The fourth-order valence-electron chi connectivity index (χ4n) is 2.31. The van der Waals surface area contributed by atoms with E-state index in [1.807, 2.05) is 6.92 Å². The van der Waals surface area contributed by atoms with Gasteiger partial charge < -0.3 is 10.2 Å². The fraction of sp³-hybridized carbons (Fsp3) is 0.750. The molecule has 1 amide bonds. The molecule has 1 aliphatic heterocycles. The van der Waals surface area contributed by atoms with Crippen molar-refractivity contribution in [2.75, 3.05) is 13.6 Å². The Hall–Kier alpha value is -1.43. The molecule has 0 aliphatic carbocycles. The van der Waals surface area contributed by atoms with E-state index >= 15 is 0 Å². The summed E-state index contributed by atoms with van der Waals surface area (Å²) in [5, 5.41) is 10.1. The van der Waals surface area contributed by atoms with Gasteiger partial charge in [0.05, 0.1) is 12.6 Å². The Bertz CT molecular complexity index is 416. The minimum atomic E-state index is -0.0567. The summed E-state index contributed by atoms with van der Waals surface area (Å²) < 4.78 is 0. The summed E-state index contributed by atoms with van der Waals surface area (Å²) in [6.45, 7) is 5.42. The molecule has 1 aromatic heterocycles. The van der Waals surface area contributed by atoms with Gasteiger partial charge in [-0.25, -0.2) is 4.98 Å². The molecule has 0 spiro atoms. The number of piperidine rings is 1. The maximum absolute atomic E-state index is 12.3. The number of rotatable bonds is 3. The van der Waals surface area contributed by atoms with E-state index in [1.54, 1.807) is 11.9 Å². The first-order valence-electron chi connectivity index (χ1n) is 6.42. The van der Waals surface area contributed by atoms with E-state index in [0.29, 0.717) is 18.3 Å². The maximum atomic E-state index is 12.3. The maximum Gasteiger partial charge on any atom is 0.239 e. The van der Waals surface area contributed by atoms with Crippen molar-refractivity contribution >= 4 is 5.91 Å². The summed E-state index contributed by atoms with van der Waals surface area (Å²) in [6.07, 6.45) is 2.06. The highest BCUT2D eigenvalue weighted by molar-refractivity contribution is 5.81. The summed E-state index contributed by atoms with van der Waals surface area (Å²) in [5.41, 5.74) is 0. The number of aromatic nitrogens is 3. The highest BCUT2D eigenvalue weighted by atomic mass is 16.2. The second kappa shape index (κ2) is 5.48. The Kier molecular flexibility index (Phi) is 3.96. The zero-order valence-corrected chi connectivity index (χ0v) is 11.2. The van der Waals surface area contributed by atoms with Crippen LogP contribution < -0.4 is 5.32 Å². The van der Waals surface area contributed by atoms with E-state index in [-0.39, 0.29) is 11.9 Å². The van der Waals surface area contributed by atoms with Gasteiger partial charge in [0.15, 0.2) is 5.82 Å². The third-order valence-corrected chi connectivity index (χ3v) is 3.36. The van der Waals surface area contributed by atoms with Crippen LogP contribution in [-0.2, 0) is 11.3 Å². The average molecular weight is 251 g/mol. The number of carbonyl (C=O) groups is 1. The number of aryl methyl sites for hydroxylation is 1. The van der Waals surface area contributed by atoms with Crippen LogP contribution in [0.4, 0.5) is 0 Å². The molecule has 1 fully saturated rings. The molecule has 0 saturated carbocycles. The highest BCUT2D eigenvalue weighted by Crippen LogP contribution is 2.16. The SMILES string of the molecule is Cc1nc(CN(C)C(=O)C2CC(C)CCN2)n[nH]1. The van der Waals surface area contributed by atoms with Crippen molar-refractivity contribution in [1.82, 2.24) is 25.4 Å². The lowest BCUT2D eigenvalue weighted by atomic mass is 9.93. The van der Waals surface area contributed by atoms with Crippen molar-refractivity contribution in [3.8, 4) is 0 Å². The molecule has 6 nitrogen and oxygen atoms in total. The van der Waals surface area contributed by atoms with Crippen LogP contribution in [-0.4, -0.2) is 45.6 Å². The summed E-state index contributed by atoms with van der Waals surface area (Å²) in [5.74, 6) is 2.17. The molecule has 1 aromatic rings. The minimum Gasteiger partial charge on any atom is -0.337 e. The van der Waals surface area contributed by atoms with Crippen LogP contribution in [0.15, 0.2) is 0 Å². The van der Waals surface area contributed by atoms with E-state index in [4.69, 9.17) is 0 Å². The Morgan fingerprint density at radius 1 is 1.56 bits per heavy atom. The molecular formula is C12H21N5O. The Balaban J connectivity index is 1.91. The van der Waals surface area contributed by atoms with Gasteiger partial charge in [-0.2, -0.15) is 5.10 Å². The number of hydrogen-bond donors (Lipinski definition) is 2. The first kappa shape index (κ1) is 13.0. The van der Waals surface area contributed by atoms with Gasteiger partial charge in [-0.15, -0.1) is 0 Å². The number of nitrogens with zero attached hydrogens (tertiary/aromatic N) is 3. The topological polar surface area (TPSA) is 73.9 Å². The van der Waals surface area contributed by atoms with E-state index in [9.17, 15) is 4.79 Å². The van der Waals surface area contributed by atoms with Gasteiger partial charge in [-0.1, -0.05) is 6.92 Å². The van der Waals surface area contributed by atoms with Crippen molar-refractivity contribution in [2.24, 2.45) is 5.92 Å². The summed E-state index contributed by atoms with van der Waals surface area (Å²) in [6, 6.07) is -0.0567. The number of aromatic amines is 1. The van der Waals surface area contributed by atoms with Gasteiger partial charge in [0.1, 0.15) is 5.82 Å². The van der Waals surface area contributed by atoms with Gasteiger partial charge >= 0.3 is 0 Å². The molecule has 2 unspecified atom stereocenters.